The Hall–Kier alpha value is -4.80. The molecule has 0 spiro atoms. The monoisotopic (exact) mass is 790 g/mol. The Morgan fingerprint density at radius 1 is 0.333 bits per heavy atom. The molecule has 0 aliphatic carbocycles. The summed E-state index contributed by atoms with van der Waals surface area (Å²) >= 11 is 0. The van der Waals surface area contributed by atoms with Crippen molar-refractivity contribution in [2.45, 2.75) is 178 Å². The molecule has 3 rings (SSSR count). The van der Waals surface area contributed by atoms with E-state index in [2.05, 4.69) is 182 Å². The number of rotatable bonds is 0. The van der Waals surface area contributed by atoms with E-state index in [0.29, 0.717) is 17.2 Å². The van der Waals surface area contributed by atoms with Gasteiger partial charge in [0.1, 0.15) is 17.2 Å². The van der Waals surface area contributed by atoms with Crippen molar-refractivity contribution in [1.82, 2.24) is 0 Å². The van der Waals surface area contributed by atoms with Crippen LogP contribution in [0.1, 0.15) is 175 Å². The van der Waals surface area contributed by atoms with Crippen LogP contribution in [0.3, 0.4) is 0 Å². The Morgan fingerprint density at radius 3 is 0.491 bits per heavy atom. The van der Waals surface area contributed by atoms with Crippen LogP contribution in [0.2, 0.25) is 0 Å². The molecule has 0 bridgehead atoms. The number of hydrogen-bond donors (Lipinski definition) is 6. The van der Waals surface area contributed by atoms with Gasteiger partial charge in [-0.3, -0.25) is 0 Å². The van der Waals surface area contributed by atoms with Crippen molar-refractivity contribution in [3.8, 4) is 17.2 Å². The highest BCUT2D eigenvalue weighted by molar-refractivity contribution is 5.51. The Labute approximate surface area is 344 Å². The number of nitrogens with one attached hydrogen (secondary N) is 3. The lowest BCUT2D eigenvalue weighted by Gasteiger charge is -2.27. The molecule has 0 heterocycles. The Balaban J connectivity index is -0.000000692. The smallest absolute Gasteiger partial charge is 0.231 e. The lowest BCUT2D eigenvalue weighted by atomic mass is 9.78. The molecular weight excluding hydrogens is 715 g/mol. The second-order valence-electron chi connectivity index (χ2n) is 20.4. The molecule has 0 fully saturated rings. The van der Waals surface area contributed by atoms with Crippen molar-refractivity contribution in [3.05, 3.63) is 86.5 Å². The van der Waals surface area contributed by atoms with Crippen molar-refractivity contribution >= 4 is 18.2 Å². The minimum absolute atomic E-state index is 0.0178. The van der Waals surface area contributed by atoms with Crippen molar-refractivity contribution in [2.75, 3.05) is 0 Å². The zero-order valence-electron chi connectivity index (χ0n) is 39.0. The van der Waals surface area contributed by atoms with E-state index in [-0.39, 0.29) is 32.5 Å². The van der Waals surface area contributed by atoms with E-state index in [9.17, 15) is 15.3 Å². The quantitative estimate of drug-likeness (QED) is 0.0972. The second kappa shape index (κ2) is 22.2. The molecule has 0 saturated heterocycles. The van der Waals surface area contributed by atoms with Gasteiger partial charge in [-0.1, -0.05) is 178 Å². The molecule has 3 aromatic rings. The van der Waals surface area contributed by atoms with Crippen LogP contribution in [-0.4, -0.2) is 33.6 Å². The summed E-state index contributed by atoms with van der Waals surface area (Å²) in [6.07, 6.45) is 2.25. The van der Waals surface area contributed by atoms with Crippen molar-refractivity contribution in [1.29, 1.82) is 16.2 Å². The summed E-state index contributed by atoms with van der Waals surface area (Å²) in [5, 5.41) is 47.4. The molecule has 0 atom stereocenters. The minimum Gasteiger partial charge on any atom is -0.507 e. The average molecular weight is 790 g/mol. The van der Waals surface area contributed by atoms with Gasteiger partial charge in [0.05, 0.1) is 0 Å². The Kier molecular flexibility index (Phi) is 22.0. The van der Waals surface area contributed by atoms with Gasteiger partial charge in [0.25, 0.3) is 0 Å². The van der Waals surface area contributed by atoms with Gasteiger partial charge in [0.2, 0.25) is 18.2 Å². The van der Waals surface area contributed by atoms with Crippen LogP contribution < -0.4 is 0 Å². The first-order chi connectivity index (χ1) is 25.3. The SMILES string of the molecule is Cc1cc(C(C)(C)C)c(O)c(C(C)(C)C)c1.Cc1cc(C(C)(C)C)c(O)c(C(C)(C)C)c1.Cc1cc(C(C)(C)C)c(O)c(C(C)(C)C)c1.N=C=O.N=C=O.N=C=O. The number of benzene rings is 3. The van der Waals surface area contributed by atoms with Crippen molar-refractivity contribution in [3.63, 3.8) is 0 Å². The number of carbonyl (C=O) groups excluding carboxylic acids is 3. The fourth-order valence-corrected chi connectivity index (χ4v) is 5.77. The van der Waals surface area contributed by atoms with E-state index in [0.717, 1.165) is 51.6 Å². The molecule has 0 unspecified atom stereocenters. The van der Waals surface area contributed by atoms with Crippen LogP contribution in [0, 0.1) is 37.0 Å². The molecule has 0 aliphatic rings. The van der Waals surface area contributed by atoms with Gasteiger partial charge in [-0.05, 0) is 86.6 Å². The summed E-state index contributed by atoms with van der Waals surface area (Å²) in [6.45, 7) is 44.7. The highest BCUT2D eigenvalue weighted by atomic mass is 16.3. The average Bonchev–Trinajstić information content (AvgIpc) is 2.99. The van der Waals surface area contributed by atoms with Gasteiger partial charge >= 0.3 is 0 Å². The molecule has 9 nitrogen and oxygen atoms in total. The molecule has 0 aromatic heterocycles. The summed E-state index contributed by atoms with van der Waals surface area (Å²) in [6, 6.07) is 12.5. The molecule has 318 valence electrons. The number of phenolic OH excluding ortho intramolecular Hbond substituents is 3. The first-order valence-electron chi connectivity index (χ1n) is 19.0. The summed E-state index contributed by atoms with van der Waals surface area (Å²) in [7, 11) is 0. The summed E-state index contributed by atoms with van der Waals surface area (Å²) in [4.78, 5) is 25.0. The van der Waals surface area contributed by atoms with Gasteiger partial charge in [-0.2, -0.15) is 0 Å². The van der Waals surface area contributed by atoms with Crippen molar-refractivity contribution in [2.24, 2.45) is 0 Å². The maximum atomic E-state index is 10.4. The van der Waals surface area contributed by atoms with Crippen LogP contribution in [0.4, 0.5) is 0 Å². The van der Waals surface area contributed by atoms with E-state index < -0.39 is 0 Å². The molecule has 9 heteroatoms. The summed E-state index contributed by atoms with van der Waals surface area (Å²) in [5.74, 6) is 1.39. The molecule has 57 heavy (non-hydrogen) atoms. The van der Waals surface area contributed by atoms with Gasteiger partial charge < -0.3 is 15.3 Å². The van der Waals surface area contributed by atoms with Crippen molar-refractivity contribution < 1.29 is 29.7 Å². The first-order valence-corrected chi connectivity index (χ1v) is 19.0. The standard InChI is InChI=1S/3C15H24O.3CHNO/c3*1-10-8-11(14(2,3)4)13(16)12(9-10)15(5,6)7;3*2-1-3/h3*8-9,16H,1-7H3;3*2H. The van der Waals surface area contributed by atoms with Crippen LogP contribution in [0.25, 0.3) is 0 Å². The highest BCUT2D eigenvalue weighted by Crippen LogP contribution is 2.42. The zero-order valence-corrected chi connectivity index (χ0v) is 39.0. The number of aromatic hydroxyl groups is 3. The lowest BCUT2D eigenvalue weighted by molar-refractivity contribution is 0.422. The topological polar surface area (TPSA) is 183 Å². The third-order valence-corrected chi connectivity index (χ3v) is 8.61. The zero-order chi connectivity index (χ0) is 46.3. The predicted molar refractivity (Wildman–Crippen MR) is 236 cm³/mol. The van der Waals surface area contributed by atoms with Crippen LogP contribution in [0.15, 0.2) is 36.4 Å². The van der Waals surface area contributed by atoms with Crippen LogP contribution in [-0.2, 0) is 46.9 Å². The van der Waals surface area contributed by atoms with Gasteiger partial charge in [0, 0.05) is 0 Å². The number of aryl methyl sites for hydroxylation is 3. The van der Waals surface area contributed by atoms with Gasteiger partial charge in [0.15, 0.2) is 0 Å². The molecule has 0 saturated carbocycles. The van der Waals surface area contributed by atoms with E-state index in [1.165, 1.54) is 16.7 Å². The number of phenols is 3. The van der Waals surface area contributed by atoms with E-state index >= 15 is 0 Å². The maximum Gasteiger partial charge on any atom is 0.231 e. The van der Waals surface area contributed by atoms with E-state index in [1.807, 2.05) is 0 Å². The molecule has 3 aromatic carbocycles. The largest absolute Gasteiger partial charge is 0.507 e. The van der Waals surface area contributed by atoms with Gasteiger partial charge in [-0.15, -0.1) is 0 Å². The summed E-state index contributed by atoms with van der Waals surface area (Å²) < 4.78 is 0. The fraction of sp³-hybridized carbons (Fsp3) is 0.562. The summed E-state index contributed by atoms with van der Waals surface area (Å²) in [5.41, 5.74) is 9.78. The third-order valence-electron chi connectivity index (χ3n) is 8.61. The normalized spacial score (nSPS) is 11.3. The highest BCUT2D eigenvalue weighted by Gasteiger charge is 2.28. The van der Waals surface area contributed by atoms with Crippen LogP contribution >= 0.6 is 0 Å². The number of isocyanates is 3. The van der Waals surface area contributed by atoms with Gasteiger partial charge in [-0.25, -0.2) is 30.6 Å². The lowest BCUT2D eigenvalue weighted by Crippen LogP contribution is -2.17. The molecular formula is C48H75N3O6. The first kappa shape index (κ1) is 56.5. The van der Waals surface area contributed by atoms with Crippen LogP contribution in [0.5, 0.6) is 17.2 Å². The number of hydrogen-bond acceptors (Lipinski definition) is 9. The Bertz CT molecular complexity index is 1520. The molecule has 6 N–H and O–H groups in total. The van der Waals surface area contributed by atoms with E-state index in [1.54, 1.807) is 0 Å². The molecule has 0 radical (unpaired) electrons. The third kappa shape index (κ3) is 19.8. The Morgan fingerprint density at radius 2 is 0.421 bits per heavy atom. The minimum atomic E-state index is -0.0178. The molecule has 0 aliphatic heterocycles. The predicted octanol–water partition coefficient (Wildman–Crippen LogP) is 12.6. The fourth-order valence-electron chi connectivity index (χ4n) is 5.77. The van der Waals surface area contributed by atoms with E-state index in [4.69, 9.17) is 30.6 Å². The second-order valence-corrected chi connectivity index (χ2v) is 20.4. The maximum absolute atomic E-state index is 10.4. The molecule has 0 amide bonds.